The molecule has 0 radical (unpaired) electrons. The molecule has 1 saturated heterocycles. The van der Waals surface area contributed by atoms with Crippen LogP contribution in [-0.2, 0) is 17.8 Å². The normalized spacial score (nSPS) is 18.1. The van der Waals surface area contributed by atoms with E-state index in [4.69, 9.17) is 47.7 Å². The summed E-state index contributed by atoms with van der Waals surface area (Å²) in [7, 11) is 3.06. The van der Waals surface area contributed by atoms with Crippen molar-refractivity contribution in [2.45, 2.75) is 25.8 Å². The van der Waals surface area contributed by atoms with Crippen LogP contribution in [0, 0.1) is 5.92 Å². The molecular weight excluding hydrogens is 545 g/mol. The van der Waals surface area contributed by atoms with E-state index in [1.807, 2.05) is 12.3 Å². The van der Waals surface area contributed by atoms with Crippen molar-refractivity contribution in [3.8, 4) is 22.8 Å². The summed E-state index contributed by atoms with van der Waals surface area (Å²) < 4.78 is 18.1. The molecule has 2 atom stereocenters. The minimum absolute atomic E-state index is 0.0122. The largest absolute Gasteiger partial charge is 0.623 e. The van der Waals surface area contributed by atoms with Crippen molar-refractivity contribution in [2.75, 3.05) is 51.2 Å². The Hall–Kier alpha value is -3.09. The average molecular weight is 575 g/mol. The SMILES string of the molecule is COc1cc(OC)c(Cl)c(-c2cc3c(c(NCc4cnn(CCO)c4)n2)NC([N-]CC2CCOC2)N=C3)c1Cl. The molecule has 4 heterocycles. The summed E-state index contributed by atoms with van der Waals surface area (Å²) in [6.07, 6.45) is 5.96. The van der Waals surface area contributed by atoms with E-state index in [1.165, 1.54) is 14.2 Å². The molecule has 3 aromatic rings. The number of benzene rings is 1. The molecule has 1 fully saturated rings. The minimum Gasteiger partial charge on any atom is -0.623 e. The first kappa shape index (κ1) is 27.5. The average Bonchev–Trinajstić information content (AvgIpc) is 3.63. The summed E-state index contributed by atoms with van der Waals surface area (Å²) in [4.78, 5) is 9.53. The number of aliphatic imine (C=N–C) groups is 1. The van der Waals surface area contributed by atoms with Gasteiger partial charge in [-0.2, -0.15) is 5.10 Å². The summed E-state index contributed by atoms with van der Waals surface area (Å²) in [6, 6.07) is 3.50. The van der Waals surface area contributed by atoms with Crippen molar-refractivity contribution < 1.29 is 19.3 Å². The van der Waals surface area contributed by atoms with Gasteiger partial charge in [0.1, 0.15) is 11.5 Å². The van der Waals surface area contributed by atoms with Gasteiger partial charge in [-0.25, -0.2) is 4.98 Å². The number of hydrogen-bond donors (Lipinski definition) is 3. The van der Waals surface area contributed by atoms with Gasteiger partial charge < -0.3 is 35.3 Å². The van der Waals surface area contributed by atoms with Gasteiger partial charge in [-0.05, 0) is 18.4 Å². The minimum atomic E-state index is -0.442. The number of pyridine rings is 1. The molecule has 0 aliphatic carbocycles. The van der Waals surface area contributed by atoms with Crippen LogP contribution < -0.4 is 20.1 Å². The number of fused-ring (bicyclic) bond motifs is 1. The van der Waals surface area contributed by atoms with Crippen LogP contribution in [0.2, 0.25) is 10.0 Å². The van der Waals surface area contributed by atoms with E-state index in [0.29, 0.717) is 64.2 Å². The zero-order valence-corrected chi connectivity index (χ0v) is 23.2. The summed E-state index contributed by atoms with van der Waals surface area (Å²) in [5.41, 5.74) is 3.48. The van der Waals surface area contributed by atoms with E-state index in [2.05, 4.69) is 20.7 Å². The Labute approximate surface area is 236 Å². The first-order valence-corrected chi connectivity index (χ1v) is 13.3. The van der Waals surface area contributed by atoms with Gasteiger partial charge in [0.25, 0.3) is 0 Å². The number of hydrogen-bond acceptors (Lipinski definition) is 9. The van der Waals surface area contributed by atoms with Crippen molar-refractivity contribution in [3.63, 3.8) is 0 Å². The van der Waals surface area contributed by atoms with Crippen LogP contribution in [0.25, 0.3) is 16.6 Å². The summed E-state index contributed by atoms with van der Waals surface area (Å²) >= 11 is 13.4. The summed E-state index contributed by atoms with van der Waals surface area (Å²) in [5.74, 6) is 1.81. The third kappa shape index (κ3) is 6.07. The van der Waals surface area contributed by atoms with Gasteiger partial charge in [0, 0.05) is 61.2 Å². The lowest BCUT2D eigenvalue weighted by Gasteiger charge is -2.35. The lowest BCUT2D eigenvalue weighted by Crippen LogP contribution is -2.25. The Bertz CT molecular complexity index is 1320. The number of nitrogens with zero attached hydrogens (tertiary/aromatic N) is 5. The van der Waals surface area contributed by atoms with E-state index < -0.39 is 6.29 Å². The second-order valence-corrected chi connectivity index (χ2v) is 9.94. The second-order valence-electron chi connectivity index (χ2n) is 9.18. The van der Waals surface area contributed by atoms with Crippen LogP contribution in [0.15, 0.2) is 29.5 Å². The van der Waals surface area contributed by atoms with Crippen molar-refractivity contribution >= 4 is 40.9 Å². The first-order valence-electron chi connectivity index (χ1n) is 12.6. The molecule has 2 unspecified atom stereocenters. The van der Waals surface area contributed by atoms with Gasteiger partial charge in [-0.3, -0.25) is 9.67 Å². The second kappa shape index (κ2) is 12.4. The predicted molar refractivity (Wildman–Crippen MR) is 152 cm³/mol. The number of halogens is 2. The van der Waals surface area contributed by atoms with Crippen LogP contribution in [0.3, 0.4) is 0 Å². The van der Waals surface area contributed by atoms with E-state index in [0.717, 1.165) is 36.4 Å². The maximum atomic E-state index is 9.20. The van der Waals surface area contributed by atoms with Crippen molar-refractivity contribution in [1.82, 2.24) is 14.8 Å². The van der Waals surface area contributed by atoms with E-state index in [-0.39, 0.29) is 6.61 Å². The molecular formula is C26H30Cl2N7O4-. The number of aliphatic hydroxyl groups is 1. The number of nitrogens with one attached hydrogen (secondary N) is 2. The predicted octanol–water partition coefficient (Wildman–Crippen LogP) is 4.41. The number of rotatable bonds is 11. The highest BCUT2D eigenvalue weighted by Crippen LogP contribution is 2.46. The number of methoxy groups -OCH3 is 2. The Balaban J connectivity index is 1.49. The third-order valence-electron chi connectivity index (χ3n) is 6.54. The lowest BCUT2D eigenvalue weighted by atomic mass is 10.1. The van der Waals surface area contributed by atoms with Crippen molar-refractivity contribution in [2.24, 2.45) is 10.9 Å². The molecule has 1 aromatic carbocycles. The zero-order chi connectivity index (χ0) is 27.4. The monoisotopic (exact) mass is 574 g/mol. The number of aliphatic hydroxyl groups excluding tert-OH is 1. The molecule has 5 rings (SSSR count). The lowest BCUT2D eigenvalue weighted by molar-refractivity contribution is 0.187. The van der Waals surface area contributed by atoms with Gasteiger partial charge in [-0.1, -0.05) is 23.2 Å². The molecule has 2 aliphatic heterocycles. The van der Waals surface area contributed by atoms with Gasteiger partial charge >= 0.3 is 0 Å². The third-order valence-corrected chi connectivity index (χ3v) is 7.29. The molecule has 2 aromatic heterocycles. The van der Waals surface area contributed by atoms with E-state index in [1.54, 1.807) is 23.2 Å². The van der Waals surface area contributed by atoms with Gasteiger partial charge in [0.2, 0.25) is 0 Å². The number of aromatic nitrogens is 3. The van der Waals surface area contributed by atoms with Crippen molar-refractivity contribution in [1.29, 1.82) is 0 Å². The Morgan fingerprint density at radius 2 is 2.03 bits per heavy atom. The Morgan fingerprint density at radius 3 is 2.72 bits per heavy atom. The number of anilines is 2. The van der Waals surface area contributed by atoms with Crippen LogP contribution in [-0.4, -0.2) is 73.0 Å². The fourth-order valence-electron chi connectivity index (χ4n) is 4.48. The molecule has 13 heteroatoms. The topological polar surface area (TPSA) is 129 Å². The van der Waals surface area contributed by atoms with Crippen LogP contribution >= 0.6 is 23.2 Å². The number of ether oxygens (including phenoxy) is 3. The summed E-state index contributed by atoms with van der Waals surface area (Å²) in [5, 5.41) is 25.7. The molecule has 11 nitrogen and oxygen atoms in total. The maximum Gasteiger partial charge on any atom is 0.151 e. The van der Waals surface area contributed by atoms with E-state index >= 15 is 0 Å². The Kier molecular flexibility index (Phi) is 8.73. The molecule has 2 aliphatic rings. The highest BCUT2D eigenvalue weighted by molar-refractivity contribution is 6.41. The highest BCUT2D eigenvalue weighted by atomic mass is 35.5. The van der Waals surface area contributed by atoms with Crippen LogP contribution in [0.1, 0.15) is 17.5 Å². The maximum absolute atomic E-state index is 9.20. The zero-order valence-electron chi connectivity index (χ0n) is 21.7. The van der Waals surface area contributed by atoms with Gasteiger partial charge in [0.05, 0.1) is 55.0 Å². The summed E-state index contributed by atoms with van der Waals surface area (Å²) in [6.45, 7) is 3.04. The van der Waals surface area contributed by atoms with Crippen LogP contribution in [0.5, 0.6) is 11.5 Å². The van der Waals surface area contributed by atoms with Gasteiger partial charge in [0.15, 0.2) is 5.82 Å². The molecule has 0 saturated carbocycles. The fourth-order valence-corrected chi connectivity index (χ4v) is 5.17. The van der Waals surface area contributed by atoms with E-state index in [9.17, 15) is 5.11 Å². The van der Waals surface area contributed by atoms with Gasteiger partial charge in [-0.15, -0.1) is 6.54 Å². The smallest absolute Gasteiger partial charge is 0.151 e. The first-order chi connectivity index (χ1) is 19.0. The molecule has 0 spiro atoms. The standard InChI is InChI=1S/C26H30Cl2N7O4/c1-37-19-8-20(38-2)23(28)21(22(19)27)18-7-17-12-31-26(30-9-15-3-6-39-14-15)34-24(17)25(33-18)29-10-16-11-32-35(13-16)4-5-36/h7-8,11-13,15,26,34,36H,3-6,9-10,14H2,1-2H3,(H,29,33)/q-1. The Morgan fingerprint density at radius 1 is 1.23 bits per heavy atom. The molecule has 0 amide bonds. The molecule has 208 valence electrons. The fraction of sp³-hybridized carbons (Fsp3) is 0.423. The molecule has 39 heavy (non-hydrogen) atoms. The molecule has 3 N–H and O–H groups in total. The van der Waals surface area contributed by atoms with Crippen LogP contribution in [0.4, 0.5) is 11.5 Å². The molecule has 0 bridgehead atoms. The quantitative estimate of drug-likeness (QED) is 0.307. The highest BCUT2D eigenvalue weighted by Gasteiger charge is 2.24. The van der Waals surface area contributed by atoms with Crippen molar-refractivity contribution in [3.05, 3.63) is 51.0 Å².